The normalized spacial score (nSPS) is 11.1. The molecule has 11 heteroatoms. The summed E-state index contributed by atoms with van der Waals surface area (Å²) in [4.78, 5) is 30.7. The van der Waals surface area contributed by atoms with E-state index in [0.29, 0.717) is 26.1 Å². The number of amides is 2. The van der Waals surface area contributed by atoms with Crippen molar-refractivity contribution in [2.24, 2.45) is 10.2 Å². The van der Waals surface area contributed by atoms with Crippen LogP contribution in [0.5, 0.6) is 11.5 Å². The van der Waals surface area contributed by atoms with Gasteiger partial charge in [-0.05, 0) is 48.2 Å². The van der Waals surface area contributed by atoms with Crippen LogP contribution in [0.4, 0.5) is 11.4 Å². The second-order valence-corrected chi connectivity index (χ2v) is 10.5. The molecule has 0 radical (unpaired) electrons. The Labute approximate surface area is 245 Å². The lowest BCUT2D eigenvalue weighted by Gasteiger charge is -2.11. The van der Waals surface area contributed by atoms with E-state index in [2.05, 4.69) is 21.1 Å². The van der Waals surface area contributed by atoms with Crippen LogP contribution in [0.25, 0.3) is 0 Å². The van der Waals surface area contributed by atoms with Gasteiger partial charge in [-0.2, -0.15) is 10.2 Å². The SMILES string of the molecule is CCCOc1c(C(=O)N/N=C\c2ccc(N(C)C)cc2)sc(C(=O)N/N=C\c2ccc(N(C)C)cc2)c1OCCC. The van der Waals surface area contributed by atoms with Gasteiger partial charge in [0.05, 0.1) is 25.6 Å². The van der Waals surface area contributed by atoms with Gasteiger partial charge in [0, 0.05) is 39.6 Å². The van der Waals surface area contributed by atoms with Gasteiger partial charge in [0.2, 0.25) is 0 Å². The Morgan fingerprint density at radius 3 is 1.39 bits per heavy atom. The molecule has 0 atom stereocenters. The lowest BCUT2D eigenvalue weighted by atomic mass is 10.2. The molecule has 0 spiro atoms. The third-order valence-electron chi connectivity index (χ3n) is 5.71. The van der Waals surface area contributed by atoms with Gasteiger partial charge in [-0.15, -0.1) is 11.3 Å². The van der Waals surface area contributed by atoms with Crippen LogP contribution in [0.2, 0.25) is 0 Å². The Balaban J connectivity index is 1.81. The zero-order chi connectivity index (χ0) is 29.8. The van der Waals surface area contributed by atoms with Crippen LogP contribution in [0.15, 0.2) is 58.7 Å². The number of rotatable bonds is 14. The highest BCUT2D eigenvalue weighted by atomic mass is 32.1. The molecule has 0 saturated heterocycles. The van der Waals surface area contributed by atoms with Crippen LogP contribution in [-0.2, 0) is 0 Å². The largest absolute Gasteiger partial charge is 0.488 e. The maximum atomic E-state index is 13.2. The van der Waals surface area contributed by atoms with Crippen LogP contribution in [0.3, 0.4) is 0 Å². The molecule has 3 rings (SSSR count). The van der Waals surface area contributed by atoms with Gasteiger partial charge in [0.1, 0.15) is 9.75 Å². The molecule has 0 unspecified atom stereocenters. The average Bonchev–Trinajstić information content (AvgIpc) is 3.33. The fourth-order valence-electron chi connectivity index (χ4n) is 3.52. The van der Waals surface area contributed by atoms with Crippen LogP contribution in [0, 0.1) is 0 Å². The van der Waals surface area contributed by atoms with E-state index in [4.69, 9.17) is 9.47 Å². The van der Waals surface area contributed by atoms with Crippen molar-refractivity contribution in [2.75, 3.05) is 51.2 Å². The fourth-order valence-corrected chi connectivity index (χ4v) is 4.49. The lowest BCUT2D eigenvalue weighted by molar-refractivity contribution is 0.0945. The first-order chi connectivity index (χ1) is 19.7. The number of hydrogen-bond donors (Lipinski definition) is 2. The molecule has 2 aromatic carbocycles. The molecule has 218 valence electrons. The monoisotopic (exact) mass is 578 g/mol. The Kier molecular flexibility index (Phi) is 11.7. The Morgan fingerprint density at radius 2 is 1.07 bits per heavy atom. The van der Waals surface area contributed by atoms with Crippen molar-refractivity contribution in [3.8, 4) is 11.5 Å². The highest BCUT2D eigenvalue weighted by Gasteiger charge is 2.29. The van der Waals surface area contributed by atoms with Gasteiger partial charge >= 0.3 is 0 Å². The summed E-state index contributed by atoms with van der Waals surface area (Å²) >= 11 is 0.973. The molecular formula is C30H38N6O4S. The average molecular weight is 579 g/mol. The number of nitrogens with zero attached hydrogens (tertiary/aromatic N) is 4. The minimum atomic E-state index is -0.507. The number of benzene rings is 2. The summed E-state index contributed by atoms with van der Waals surface area (Å²) in [6.45, 7) is 4.61. The van der Waals surface area contributed by atoms with Crippen LogP contribution in [0.1, 0.15) is 57.2 Å². The molecule has 3 aromatic rings. The van der Waals surface area contributed by atoms with Crippen LogP contribution in [-0.4, -0.2) is 65.6 Å². The summed E-state index contributed by atoms with van der Waals surface area (Å²) in [5.41, 5.74) is 8.85. The van der Waals surface area contributed by atoms with Gasteiger partial charge in [-0.1, -0.05) is 38.1 Å². The lowest BCUT2D eigenvalue weighted by Crippen LogP contribution is -2.17. The zero-order valence-electron chi connectivity index (χ0n) is 24.4. The van der Waals surface area contributed by atoms with Gasteiger partial charge in [-0.25, -0.2) is 10.9 Å². The summed E-state index contributed by atoms with van der Waals surface area (Å²) in [5, 5.41) is 8.21. The molecule has 1 heterocycles. The van der Waals surface area contributed by atoms with E-state index < -0.39 is 11.8 Å². The molecule has 0 aliphatic heterocycles. The first-order valence-corrected chi connectivity index (χ1v) is 14.2. The molecule has 0 aliphatic carbocycles. The van der Waals surface area contributed by atoms with Crippen molar-refractivity contribution >= 4 is 47.0 Å². The van der Waals surface area contributed by atoms with Gasteiger partial charge < -0.3 is 19.3 Å². The topological polar surface area (TPSA) is 108 Å². The second kappa shape index (κ2) is 15.4. The summed E-state index contributed by atoms with van der Waals surface area (Å²) in [5.74, 6) is -0.567. The first-order valence-electron chi connectivity index (χ1n) is 13.4. The van der Waals surface area contributed by atoms with E-state index in [9.17, 15) is 9.59 Å². The summed E-state index contributed by atoms with van der Waals surface area (Å²) in [6.07, 6.45) is 4.53. The van der Waals surface area contributed by atoms with Crippen molar-refractivity contribution in [3.63, 3.8) is 0 Å². The minimum absolute atomic E-state index is 0.193. The molecule has 2 amide bonds. The maximum Gasteiger partial charge on any atom is 0.285 e. The van der Waals surface area contributed by atoms with E-state index in [1.807, 2.05) is 100 Å². The number of ether oxygens (including phenoxy) is 2. The molecule has 0 aliphatic rings. The number of carbonyl (C=O) groups excluding carboxylic acids is 2. The number of thiophene rings is 1. The van der Waals surface area contributed by atoms with Gasteiger partial charge in [0.25, 0.3) is 11.8 Å². The Morgan fingerprint density at radius 1 is 0.707 bits per heavy atom. The summed E-state index contributed by atoms with van der Waals surface area (Å²) in [7, 11) is 7.86. The van der Waals surface area contributed by atoms with Gasteiger partial charge in [-0.3, -0.25) is 9.59 Å². The predicted octanol–water partition coefficient (Wildman–Crippen LogP) is 4.99. The van der Waals surface area contributed by atoms with Crippen LogP contribution >= 0.6 is 11.3 Å². The fraction of sp³-hybridized carbons (Fsp3) is 0.333. The first kappa shape index (κ1) is 31.2. The standard InChI is InChI=1S/C30H38N6O4S/c1-7-17-39-25-26(40-18-8-2)28(30(38)34-32-20-22-11-15-24(16-12-22)36(5)6)41-27(25)29(37)33-31-19-21-9-13-23(14-10-21)35(3)4/h9-16,19-20H,7-8,17-18H2,1-6H3,(H,33,37)(H,34,38)/b31-19-,32-20-. The third-order valence-corrected chi connectivity index (χ3v) is 6.86. The van der Waals surface area contributed by atoms with Crippen molar-refractivity contribution in [1.82, 2.24) is 10.9 Å². The highest BCUT2D eigenvalue weighted by Crippen LogP contribution is 2.42. The highest BCUT2D eigenvalue weighted by molar-refractivity contribution is 7.16. The van der Waals surface area contributed by atoms with E-state index in [1.165, 1.54) is 0 Å². The van der Waals surface area contributed by atoms with E-state index in [0.717, 1.165) is 33.8 Å². The quantitative estimate of drug-likeness (QED) is 0.206. The Hall–Kier alpha value is -4.38. The number of hydrogen-bond acceptors (Lipinski definition) is 9. The van der Waals surface area contributed by atoms with E-state index in [-0.39, 0.29) is 21.3 Å². The molecule has 0 bridgehead atoms. The van der Waals surface area contributed by atoms with Crippen LogP contribution < -0.4 is 30.1 Å². The smallest absolute Gasteiger partial charge is 0.285 e. The predicted molar refractivity (Wildman–Crippen MR) is 168 cm³/mol. The van der Waals surface area contributed by atoms with Crippen molar-refractivity contribution < 1.29 is 19.1 Å². The maximum absolute atomic E-state index is 13.2. The minimum Gasteiger partial charge on any atom is -0.488 e. The molecule has 1 aromatic heterocycles. The summed E-state index contributed by atoms with van der Waals surface area (Å²) < 4.78 is 11.8. The molecule has 10 nitrogen and oxygen atoms in total. The number of carbonyl (C=O) groups is 2. The van der Waals surface area contributed by atoms with Crippen molar-refractivity contribution in [2.45, 2.75) is 26.7 Å². The molecule has 0 fully saturated rings. The van der Waals surface area contributed by atoms with Crippen molar-refractivity contribution in [3.05, 3.63) is 69.4 Å². The third kappa shape index (κ3) is 8.81. The second-order valence-electron chi connectivity index (χ2n) is 9.49. The van der Waals surface area contributed by atoms with E-state index in [1.54, 1.807) is 12.4 Å². The molecule has 0 saturated carbocycles. The zero-order valence-corrected chi connectivity index (χ0v) is 25.2. The summed E-state index contributed by atoms with van der Waals surface area (Å²) in [6, 6.07) is 15.5. The molecular weight excluding hydrogens is 540 g/mol. The Bertz CT molecular complexity index is 1250. The number of hydrazone groups is 2. The van der Waals surface area contributed by atoms with Gasteiger partial charge in [0.15, 0.2) is 11.5 Å². The van der Waals surface area contributed by atoms with E-state index >= 15 is 0 Å². The number of nitrogens with one attached hydrogen (secondary N) is 2. The van der Waals surface area contributed by atoms with Crippen molar-refractivity contribution in [1.29, 1.82) is 0 Å². The molecule has 2 N–H and O–H groups in total. The molecule has 41 heavy (non-hydrogen) atoms. The number of anilines is 2.